The normalized spacial score (nSPS) is 12.2. The Balaban J connectivity index is 2.65. The summed E-state index contributed by atoms with van der Waals surface area (Å²) in [6.07, 6.45) is 0. The van der Waals surface area contributed by atoms with E-state index in [1.54, 1.807) is 6.92 Å². The van der Waals surface area contributed by atoms with Crippen molar-refractivity contribution in [3.8, 4) is 0 Å². The van der Waals surface area contributed by atoms with E-state index in [1.165, 1.54) is 0 Å². The van der Waals surface area contributed by atoms with E-state index in [4.69, 9.17) is 0 Å². The summed E-state index contributed by atoms with van der Waals surface area (Å²) in [7, 11) is 0. The van der Waals surface area contributed by atoms with Crippen molar-refractivity contribution < 1.29 is 4.79 Å². The minimum atomic E-state index is -0.160. The number of amides is 1. The molecular weight excluding hydrogens is 345 g/mol. The molecule has 1 amide bonds. The molecule has 0 fully saturated rings. The van der Waals surface area contributed by atoms with E-state index in [-0.39, 0.29) is 10.7 Å². The van der Waals surface area contributed by atoms with Crippen molar-refractivity contribution in [3.63, 3.8) is 0 Å². The SMILES string of the molecule is CC(Br)C(=O)Nc1ccc(I)cc1. The average Bonchev–Trinajstić information content (AvgIpc) is 2.08. The van der Waals surface area contributed by atoms with Crippen molar-refractivity contribution >= 4 is 50.1 Å². The van der Waals surface area contributed by atoms with Crippen LogP contribution >= 0.6 is 38.5 Å². The Morgan fingerprint density at radius 3 is 2.46 bits per heavy atom. The fourth-order valence-corrected chi connectivity index (χ4v) is 1.25. The molecule has 0 saturated carbocycles. The van der Waals surface area contributed by atoms with Gasteiger partial charge in [0.2, 0.25) is 5.91 Å². The Kier molecular flexibility index (Phi) is 4.18. The van der Waals surface area contributed by atoms with Gasteiger partial charge in [0.1, 0.15) is 0 Å². The summed E-state index contributed by atoms with van der Waals surface area (Å²) in [6, 6.07) is 7.67. The van der Waals surface area contributed by atoms with Gasteiger partial charge in [-0.2, -0.15) is 0 Å². The van der Waals surface area contributed by atoms with E-state index in [1.807, 2.05) is 24.3 Å². The van der Waals surface area contributed by atoms with Crippen LogP contribution in [0.2, 0.25) is 0 Å². The van der Waals surface area contributed by atoms with Crippen LogP contribution in [-0.4, -0.2) is 10.7 Å². The lowest BCUT2D eigenvalue weighted by Gasteiger charge is -2.05. The summed E-state index contributed by atoms with van der Waals surface area (Å²) in [5, 5.41) is 2.78. The van der Waals surface area contributed by atoms with Gasteiger partial charge in [-0.25, -0.2) is 0 Å². The molecule has 1 aromatic rings. The fourth-order valence-electron chi connectivity index (χ4n) is 0.775. The van der Waals surface area contributed by atoms with Gasteiger partial charge < -0.3 is 5.32 Å². The summed E-state index contributed by atoms with van der Waals surface area (Å²) in [4.78, 5) is 11.1. The number of anilines is 1. The molecule has 70 valence electrons. The first-order valence-corrected chi connectivity index (χ1v) is 5.79. The van der Waals surface area contributed by atoms with Crippen LogP contribution in [0.15, 0.2) is 24.3 Å². The van der Waals surface area contributed by atoms with Gasteiger partial charge in [-0.05, 0) is 53.8 Å². The van der Waals surface area contributed by atoms with Crippen LogP contribution in [0.1, 0.15) is 6.92 Å². The van der Waals surface area contributed by atoms with Crippen LogP contribution < -0.4 is 5.32 Å². The van der Waals surface area contributed by atoms with E-state index >= 15 is 0 Å². The molecule has 2 nitrogen and oxygen atoms in total. The summed E-state index contributed by atoms with van der Waals surface area (Å²) in [5.74, 6) is -0.0267. The van der Waals surface area contributed by atoms with E-state index < -0.39 is 0 Å². The lowest BCUT2D eigenvalue weighted by molar-refractivity contribution is -0.115. The van der Waals surface area contributed by atoms with Crippen molar-refractivity contribution in [2.45, 2.75) is 11.8 Å². The quantitative estimate of drug-likeness (QED) is 0.642. The van der Waals surface area contributed by atoms with Crippen molar-refractivity contribution in [2.24, 2.45) is 0 Å². The third kappa shape index (κ3) is 3.64. The lowest BCUT2D eigenvalue weighted by Crippen LogP contribution is -2.19. The first-order chi connectivity index (χ1) is 6.09. The Labute approximate surface area is 99.4 Å². The second-order valence-corrected chi connectivity index (χ2v) is 5.23. The molecule has 1 N–H and O–H groups in total. The van der Waals surface area contributed by atoms with E-state index in [2.05, 4.69) is 43.8 Å². The van der Waals surface area contributed by atoms with Crippen LogP contribution in [0.25, 0.3) is 0 Å². The van der Waals surface area contributed by atoms with Crippen LogP contribution in [0, 0.1) is 3.57 Å². The molecule has 0 saturated heterocycles. The van der Waals surface area contributed by atoms with Gasteiger partial charge in [-0.3, -0.25) is 4.79 Å². The highest BCUT2D eigenvalue weighted by Gasteiger charge is 2.07. The van der Waals surface area contributed by atoms with Crippen LogP contribution in [-0.2, 0) is 4.79 Å². The first kappa shape index (κ1) is 11.0. The maximum absolute atomic E-state index is 11.2. The smallest absolute Gasteiger partial charge is 0.237 e. The minimum absolute atomic E-state index is 0.0267. The highest BCUT2D eigenvalue weighted by molar-refractivity contribution is 14.1. The Hall–Kier alpha value is -0.100. The average molecular weight is 354 g/mol. The summed E-state index contributed by atoms with van der Waals surface area (Å²) in [5.41, 5.74) is 0.830. The number of carbonyl (C=O) groups excluding carboxylic acids is 1. The molecule has 0 bridgehead atoms. The second kappa shape index (κ2) is 4.95. The van der Waals surface area contributed by atoms with Gasteiger partial charge >= 0.3 is 0 Å². The van der Waals surface area contributed by atoms with E-state index in [9.17, 15) is 4.79 Å². The van der Waals surface area contributed by atoms with Gasteiger partial charge in [-0.15, -0.1) is 0 Å². The molecule has 0 radical (unpaired) electrons. The largest absolute Gasteiger partial charge is 0.325 e. The van der Waals surface area contributed by atoms with Crippen LogP contribution in [0.4, 0.5) is 5.69 Å². The lowest BCUT2D eigenvalue weighted by atomic mass is 10.3. The molecule has 0 aromatic heterocycles. The number of halogens is 2. The molecule has 1 unspecified atom stereocenters. The number of hydrogen-bond donors (Lipinski definition) is 1. The summed E-state index contributed by atoms with van der Waals surface area (Å²) < 4.78 is 1.16. The number of nitrogens with one attached hydrogen (secondary N) is 1. The highest BCUT2D eigenvalue weighted by atomic mass is 127. The number of benzene rings is 1. The number of hydrogen-bond acceptors (Lipinski definition) is 1. The van der Waals surface area contributed by atoms with Gasteiger partial charge in [0.25, 0.3) is 0 Å². The van der Waals surface area contributed by atoms with Crippen molar-refractivity contribution in [3.05, 3.63) is 27.8 Å². The number of rotatable bonds is 2. The van der Waals surface area contributed by atoms with Gasteiger partial charge in [0.15, 0.2) is 0 Å². The van der Waals surface area contributed by atoms with Crippen molar-refractivity contribution in [2.75, 3.05) is 5.32 Å². The molecule has 13 heavy (non-hydrogen) atoms. The molecule has 1 aromatic carbocycles. The molecule has 1 rings (SSSR count). The van der Waals surface area contributed by atoms with Crippen molar-refractivity contribution in [1.29, 1.82) is 0 Å². The van der Waals surface area contributed by atoms with Gasteiger partial charge in [0.05, 0.1) is 4.83 Å². The molecule has 0 aliphatic heterocycles. The van der Waals surface area contributed by atoms with Crippen LogP contribution in [0.3, 0.4) is 0 Å². The fraction of sp³-hybridized carbons (Fsp3) is 0.222. The third-order valence-electron chi connectivity index (χ3n) is 1.47. The summed E-state index contributed by atoms with van der Waals surface area (Å²) >= 11 is 5.42. The summed E-state index contributed by atoms with van der Waals surface area (Å²) in [6.45, 7) is 1.79. The monoisotopic (exact) mass is 353 g/mol. The molecule has 0 spiro atoms. The van der Waals surface area contributed by atoms with Gasteiger partial charge in [-0.1, -0.05) is 15.9 Å². The number of alkyl halides is 1. The number of carbonyl (C=O) groups is 1. The molecule has 0 heterocycles. The third-order valence-corrected chi connectivity index (χ3v) is 2.61. The zero-order valence-electron chi connectivity index (χ0n) is 7.05. The van der Waals surface area contributed by atoms with E-state index in [0.29, 0.717) is 0 Å². The zero-order chi connectivity index (χ0) is 9.84. The topological polar surface area (TPSA) is 29.1 Å². The molecule has 4 heteroatoms. The molecule has 0 aliphatic rings. The predicted octanol–water partition coefficient (Wildman–Crippen LogP) is 3.01. The maximum atomic E-state index is 11.2. The Morgan fingerprint density at radius 1 is 1.46 bits per heavy atom. The second-order valence-electron chi connectivity index (χ2n) is 2.61. The standard InChI is InChI=1S/C9H9BrINO/c1-6(10)9(13)12-8-4-2-7(11)3-5-8/h2-6H,1H3,(H,12,13). The predicted molar refractivity (Wildman–Crippen MR) is 66.2 cm³/mol. The van der Waals surface area contributed by atoms with Crippen LogP contribution in [0.5, 0.6) is 0 Å². The minimum Gasteiger partial charge on any atom is -0.325 e. The van der Waals surface area contributed by atoms with Crippen molar-refractivity contribution in [1.82, 2.24) is 0 Å². The van der Waals surface area contributed by atoms with Gasteiger partial charge in [0, 0.05) is 9.26 Å². The Morgan fingerprint density at radius 2 is 2.00 bits per heavy atom. The van der Waals surface area contributed by atoms with E-state index in [0.717, 1.165) is 9.26 Å². The highest BCUT2D eigenvalue weighted by Crippen LogP contribution is 2.12. The molecular formula is C9H9BrINO. The Bertz CT molecular complexity index is 297. The molecule has 1 atom stereocenters. The first-order valence-electron chi connectivity index (χ1n) is 3.80. The maximum Gasteiger partial charge on any atom is 0.237 e. The zero-order valence-corrected chi connectivity index (χ0v) is 10.8. The molecule has 0 aliphatic carbocycles.